The summed E-state index contributed by atoms with van der Waals surface area (Å²) in [4.78, 5) is 25.2. The van der Waals surface area contributed by atoms with E-state index in [9.17, 15) is 9.59 Å². The van der Waals surface area contributed by atoms with Gasteiger partial charge in [0, 0.05) is 18.5 Å². The molecule has 23 heavy (non-hydrogen) atoms. The molecule has 5 heteroatoms. The van der Waals surface area contributed by atoms with Crippen LogP contribution in [0, 0.1) is 0 Å². The lowest BCUT2D eigenvalue weighted by molar-refractivity contribution is -0.128. The average Bonchev–Trinajstić information content (AvgIpc) is 3.03. The van der Waals surface area contributed by atoms with Gasteiger partial charge in [-0.3, -0.25) is 9.59 Å². The Hall–Kier alpha value is -2.04. The molecule has 3 rings (SSSR count). The summed E-state index contributed by atoms with van der Waals surface area (Å²) >= 11 is 0. The highest BCUT2D eigenvalue weighted by atomic mass is 16.5. The van der Waals surface area contributed by atoms with E-state index in [1.165, 1.54) is 0 Å². The van der Waals surface area contributed by atoms with Gasteiger partial charge in [0.1, 0.15) is 11.3 Å². The normalized spacial score (nSPS) is 18.7. The molecule has 1 aliphatic heterocycles. The van der Waals surface area contributed by atoms with E-state index in [0.717, 1.165) is 37.0 Å². The molecule has 124 valence electrons. The van der Waals surface area contributed by atoms with Gasteiger partial charge in [0.05, 0.1) is 6.61 Å². The van der Waals surface area contributed by atoms with Gasteiger partial charge in [-0.1, -0.05) is 25.3 Å². The SMILES string of the molecule is CCNC(=O)C1(NC(=O)c2ccc3c(c2)OCC3)CCCCC1. The smallest absolute Gasteiger partial charge is 0.252 e. The van der Waals surface area contributed by atoms with E-state index in [1.807, 2.05) is 19.1 Å². The molecule has 0 unspecified atom stereocenters. The van der Waals surface area contributed by atoms with Gasteiger partial charge in [0.15, 0.2) is 0 Å². The fourth-order valence-electron chi connectivity index (χ4n) is 3.49. The minimum absolute atomic E-state index is 0.0644. The summed E-state index contributed by atoms with van der Waals surface area (Å²) in [6.07, 6.45) is 5.33. The van der Waals surface area contributed by atoms with E-state index in [4.69, 9.17) is 4.74 Å². The molecule has 1 saturated carbocycles. The van der Waals surface area contributed by atoms with Gasteiger partial charge in [-0.2, -0.15) is 0 Å². The fourth-order valence-corrected chi connectivity index (χ4v) is 3.49. The van der Waals surface area contributed by atoms with E-state index in [0.29, 0.717) is 31.6 Å². The van der Waals surface area contributed by atoms with E-state index in [1.54, 1.807) is 6.07 Å². The van der Waals surface area contributed by atoms with E-state index >= 15 is 0 Å². The maximum atomic E-state index is 12.7. The Morgan fingerprint density at radius 2 is 2.00 bits per heavy atom. The van der Waals surface area contributed by atoms with Crippen molar-refractivity contribution >= 4 is 11.8 Å². The Morgan fingerprint density at radius 1 is 1.22 bits per heavy atom. The van der Waals surface area contributed by atoms with Crippen LogP contribution in [0.15, 0.2) is 18.2 Å². The van der Waals surface area contributed by atoms with Gasteiger partial charge in [0.25, 0.3) is 5.91 Å². The van der Waals surface area contributed by atoms with Gasteiger partial charge in [0.2, 0.25) is 5.91 Å². The standard InChI is InChI=1S/C18H24N2O3/c1-2-19-17(22)18(9-4-3-5-10-18)20-16(21)14-7-6-13-8-11-23-15(13)12-14/h6-7,12H,2-5,8-11H2,1H3,(H,19,22)(H,20,21). The second kappa shape index (κ2) is 6.60. The number of hydrogen-bond acceptors (Lipinski definition) is 3. The number of carbonyl (C=O) groups excluding carboxylic acids is 2. The molecule has 0 atom stereocenters. The molecule has 1 heterocycles. The van der Waals surface area contributed by atoms with Crippen molar-refractivity contribution in [3.8, 4) is 5.75 Å². The first-order chi connectivity index (χ1) is 11.1. The largest absolute Gasteiger partial charge is 0.493 e. The van der Waals surface area contributed by atoms with Crippen LogP contribution in [0.2, 0.25) is 0 Å². The second-order valence-corrected chi connectivity index (χ2v) is 6.38. The van der Waals surface area contributed by atoms with Crippen LogP contribution in [0.3, 0.4) is 0 Å². The number of nitrogens with one attached hydrogen (secondary N) is 2. The van der Waals surface area contributed by atoms with E-state index < -0.39 is 5.54 Å². The minimum Gasteiger partial charge on any atom is -0.493 e. The molecule has 0 bridgehead atoms. The predicted octanol–water partition coefficient (Wildman–Crippen LogP) is 2.19. The summed E-state index contributed by atoms with van der Waals surface area (Å²) in [6.45, 7) is 3.14. The summed E-state index contributed by atoms with van der Waals surface area (Å²) in [5, 5.41) is 5.89. The number of likely N-dealkylation sites (N-methyl/N-ethyl adjacent to an activating group) is 1. The molecule has 1 aromatic rings. The number of carbonyl (C=O) groups is 2. The highest BCUT2D eigenvalue weighted by Crippen LogP contribution is 2.30. The third-order valence-corrected chi connectivity index (χ3v) is 4.79. The Kier molecular flexibility index (Phi) is 4.55. The van der Waals surface area contributed by atoms with Crippen molar-refractivity contribution < 1.29 is 14.3 Å². The van der Waals surface area contributed by atoms with Gasteiger partial charge in [-0.25, -0.2) is 0 Å². The molecule has 5 nitrogen and oxygen atoms in total. The lowest BCUT2D eigenvalue weighted by atomic mass is 9.80. The van der Waals surface area contributed by atoms with Crippen molar-refractivity contribution in [2.45, 2.75) is 51.0 Å². The third kappa shape index (κ3) is 3.19. The Labute approximate surface area is 136 Å². The van der Waals surface area contributed by atoms with Crippen LogP contribution in [0.4, 0.5) is 0 Å². The number of amides is 2. The number of fused-ring (bicyclic) bond motifs is 1. The highest BCUT2D eigenvalue weighted by Gasteiger charge is 2.40. The summed E-state index contributed by atoms with van der Waals surface area (Å²) in [7, 11) is 0. The maximum absolute atomic E-state index is 12.7. The van der Waals surface area contributed by atoms with Crippen molar-refractivity contribution in [2.24, 2.45) is 0 Å². The average molecular weight is 316 g/mol. The predicted molar refractivity (Wildman–Crippen MR) is 87.6 cm³/mol. The van der Waals surface area contributed by atoms with Gasteiger partial charge in [-0.15, -0.1) is 0 Å². The number of rotatable bonds is 4. The fraction of sp³-hybridized carbons (Fsp3) is 0.556. The zero-order valence-corrected chi connectivity index (χ0v) is 13.6. The monoisotopic (exact) mass is 316 g/mol. The van der Waals surface area contributed by atoms with Crippen LogP contribution in [-0.2, 0) is 11.2 Å². The summed E-state index contributed by atoms with van der Waals surface area (Å²) in [5.41, 5.74) is 0.920. The molecular weight excluding hydrogens is 292 g/mol. The van der Waals surface area contributed by atoms with Crippen molar-refractivity contribution in [3.05, 3.63) is 29.3 Å². The van der Waals surface area contributed by atoms with Crippen LogP contribution in [-0.4, -0.2) is 30.5 Å². The van der Waals surface area contributed by atoms with E-state index in [2.05, 4.69) is 10.6 Å². The Bertz CT molecular complexity index is 606. The summed E-state index contributed by atoms with van der Waals surface area (Å²) in [5.74, 6) is 0.523. The molecule has 2 amide bonds. The number of ether oxygens (including phenoxy) is 1. The molecule has 1 aliphatic carbocycles. The van der Waals surface area contributed by atoms with Gasteiger partial charge in [-0.05, 0) is 37.5 Å². The van der Waals surface area contributed by atoms with Crippen molar-refractivity contribution in [2.75, 3.05) is 13.2 Å². The van der Waals surface area contributed by atoms with Crippen molar-refractivity contribution in [3.63, 3.8) is 0 Å². The third-order valence-electron chi connectivity index (χ3n) is 4.79. The molecule has 0 saturated heterocycles. The topological polar surface area (TPSA) is 67.4 Å². The zero-order valence-electron chi connectivity index (χ0n) is 13.6. The van der Waals surface area contributed by atoms with Crippen LogP contribution >= 0.6 is 0 Å². The Balaban J connectivity index is 1.79. The van der Waals surface area contributed by atoms with Crippen LogP contribution in [0.5, 0.6) is 5.75 Å². The lowest BCUT2D eigenvalue weighted by Gasteiger charge is -2.36. The molecule has 2 N–H and O–H groups in total. The molecule has 0 aromatic heterocycles. The minimum atomic E-state index is -0.773. The molecular formula is C18H24N2O3. The van der Waals surface area contributed by atoms with Crippen LogP contribution in [0.1, 0.15) is 54.9 Å². The van der Waals surface area contributed by atoms with Crippen LogP contribution in [0.25, 0.3) is 0 Å². The summed E-state index contributed by atoms with van der Waals surface area (Å²) in [6, 6.07) is 5.54. The van der Waals surface area contributed by atoms with E-state index in [-0.39, 0.29) is 11.8 Å². The Morgan fingerprint density at radius 3 is 2.74 bits per heavy atom. The quantitative estimate of drug-likeness (QED) is 0.895. The number of hydrogen-bond donors (Lipinski definition) is 2. The molecule has 0 radical (unpaired) electrons. The van der Waals surface area contributed by atoms with Crippen LogP contribution < -0.4 is 15.4 Å². The molecule has 2 aliphatic rings. The van der Waals surface area contributed by atoms with Crippen molar-refractivity contribution in [1.82, 2.24) is 10.6 Å². The van der Waals surface area contributed by atoms with Crippen molar-refractivity contribution in [1.29, 1.82) is 0 Å². The first-order valence-corrected chi connectivity index (χ1v) is 8.51. The molecule has 0 spiro atoms. The number of benzene rings is 1. The first kappa shape index (κ1) is 15.8. The first-order valence-electron chi connectivity index (χ1n) is 8.51. The molecule has 1 aromatic carbocycles. The second-order valence-electron chi connectivity index (χ2n) is 6.38. The lowest BCUT2D eigenvalue weighted by Crippen LogP contribution is -2.59. The van der Waals surface area contributed by atoms with Gasteiger partial charge >= 0.3 is 0 Å². The zero-order chi connectivity index (χ0) is 16.3. The maximum Gasteiger partial charge on any atom is 0.252 e. The summed E-state index contributed by atoms with van der Waals surface area (Å²) < 4.78 is 5.53. The van der Waals surface area contributed by atoms with Gasteiger partial charge < -0.3 is 15.4 Å². The highest BCUT2D eigenvalue weighted by molar-refractivity contribution is 5.99. The molecule has 1 fully saturated rings.